The third-order valence-corrected chi connectivity index (χ3v) is 8.88. The Balaban J connectivity index is 1.53. The number of piperidine rings is 1. The van der Waals surface area contributed by atoms with Crippen molar-refractivity contribution in [2.75, 3.05) is 20.1 Å². The monoisotopic (exact) mass is 489 g/mol. The molecular weight excluding hydrogens is 461 g/mol. The van der Waals surface area contributed by atoms with E-state index in [4.69, 9.17) is 4.74 Å². The zero-order valence-electron chi connectivity index (χ0n) is 18.9. The molecular formula is C24H28FN3O5S. The van der Waals surface area contributed by atoms with E-state index in [0.717, 1.165) is 38.4 Å². The van der Waals surface area contributed by atoms with Gasteiger partial charge in [0, 0.05) is 17.5 Å². The number of hydrogen-bond acceptors (Lipinski definition) is 6. The third kappa shape index (κ3) is 4.57. The molecule has 2 unspecified atom stereocenters. The first-order valence-corrected chi connectivity index (χ1v) is 12.3. The lowest BCUT2D eigenvalue weighted by molar-refractivity contribution is -0.132. The quantitative estimate of drug-likeness (QED) is 0.366. The number of carbonyl (C=O) groups excluding carboxylic acids is 2. The summed E-state index contributed by atoms with van der Waals surface area (Å²) in [4.78, 5) is 24.8. The van der Waals surface area contributed by atoms with Crippen LogP contribution in [-0.2, 0) is 15.6 Å². The van der Waals surface area contributed by atoms with E-state index in [9.17, 15) is 23.4 Å². The van der Waals surface area contributed by atoms with Gasteiger partial charge in [-0.05, 0) is 93.1 Å². The van der Waals surface area contributed by atoms with Crippen molar-refractivity contribution >= 4 is 22.6 Å². The van der Waals surface area contributed by atoms with Gasteiger partial charge in [0.15, 0.2) is 11.6 Å². The van der Waals surface area contributed by atoms with Crippen LogP contribution in [-0.4, -0.2) is 46.1 Å². The Morgan fingerprint density at radius 2 is 1.79 bits per heavy atom. The maximum atomic E-state index is 14.4. The highest BCUT2D eigenvalue weighted by molar-refractivity contribution is 7.87. The van der Waals surface area contributed by atoms with E-state index in [1.54, 1.807) is 29.7 Å². The Hall–Kier alpha value is -2.82. The van der Waals surface area contributed by atoms with Gasteiger partial charge in [0.25, 0.3) is 11.8 Å². The molecule has 2 aromatic carbocycles. The summed E-state index contributed by atoms with van der Waals surface area (Å²) in [7, 11) is -0.250. The molecule has 34 heavy (non-hydrogen) atoms. The van der Waals surface area contributed by atoms with Crippen LogP contribution < -0.4 is 20.9 Å². The van der Waals surface area contributed by atoms with Gasteiger partial charge < -0.3 is 15.4 Å². The van der Waals surface area contributed by atoms with Crippen molar-refractivity contribution in [3.63, 3.8) is 0 Å². The number of halogens is 1. The highest BCUT2D eigenvalue weighted by Gasteiger charge is 2.56. The van der Waals surface area contributed by atoms with Gasteiger partial charge in [-0.1, -0.05) is 0 Å². The van der Waals surface area contributed by atoms with Gasteiger partial charge in [-0.2, -0.15) is 0 Å². The molecule has 1 aliphatic carbocycles. The van der Waals surface area contributed by atoms with Crippen LogP contribution in [0.25, 0.3) is 0 Å². The number of benzene rings is 2. The molecule has 2 aromatic rings. The number of carbonyl (C=O) groups is 2. The lowest BCUT2D eigenvalue weighted by Crippen LogP contribution is -2.48. The van der Waals surface area contributed by atoms with Crippen LogP contribution in [0.4, 0.5) is 4.39 Å². The van der Waals surface area contributed by atoms with Gasteiger partial charge in [0.2, 0.25) is 0 Å². The van der Waals surface area contributed by atoms with Crippen LogP contribution >= 0.6 is 0 Å². The molecule has 4 N–H and O–H groups in total. The standard InChI is InChI=1S/C24H28FN3O5S/c1-26-21(29)16-2-7-20(19(25)14-16)33-17-3-5-18(6-4-17)34(32)24(22(30)28-31)9-8-23(15-24)10-12-27-13-11-23/h2-7,14,27,31H,8-13,15H2,1H3,(H,26,29)(H,28,30). The molecule has 4 rings (SSSR count). The van der Waals surface area contributed by atoms with E-state index < -0.39 is 33.2 Å². The molecule has 1 saturated carbocycles. The van der Waals surface area contributed by atoms with E-state index >= 15 is 0 Å². The van der Waals surface area contributed by atoms with Gasteiger partial charge >= 0.3 is 0 Å². The smallest absolute Gasteiger partial charge is 0.262 e. The van der Waals surface area contributed by atoms with Gasteiger partial charge in [-0.15, -0.1) is 0 Å². The Morgan fingerprint density at radius 1 is 1.09 bits per heavy atom. The summed E-state index contributed by atoms with van der Waals surface area (Å²) in [6, 6.07) is 10.2. The number of hydroxylamine groups is 1. The molecule has 0 radical (unpaired) electrons. The SMILES string of the molecule is CNC(=O)c1ccc(Oc2ccc(S(=O)C3(C(=O)NO)CCC4(CCNCC4)C3)cc2)c(F)c1. The van der Waals surface area contributed by atoms with Crippen molar-refractivity contribution in [1.82, 2.24) is 16.1 Å². The van der Waals surface area contributed by atoms with Crippen molar-refractivity contribution in [1.29, 1.82) is 0 Å². The lowest BCUT2D eigenvalue weighted by atomic mass is 9.77. The van der Waals surface area contributed by atoms with Crippen LogP contribution in [0.3, 0.4) is 0 Å². The van der Waals surface area contributed by atoms with E-state index in [1.807, 2.05) is 0 Å². The minimum Gasteiger partial charge on any atom is -0.454 e. The molecule has 2 amide bonds. The number of rotatable bonds is 6. The molecule has 2 atom stereocenters. The van der Waals surface area contributed by atoms with Gasteiger partial charge in [0.05, 0.1) is 10.8 Å². The first-order valence-electron chi connectivity index (χ1n) is 11.2. The van der Waals surface area contributed by atoms with Crippen LogP contribution in [0.1, 0.15) is 42.5 Å². The highest BCUT2D eigenvalue weighted by atomic mass is 32.2. The fourth-order valence-electron chi connectivity index (χ4n) is 5.02. The molecule has 2 fully saturated rings. The highest BCUT2D eigenvalue weighted by Crippen LogP contribution is 2.53. The summed E-state index contributed by atoms with van der Waals surface area (Å²) in [5.74, 6) is -1.46. The summed E-state index contributed by atoms with van der Waals surface area (Å²) < 4.78 is 32.4. The molecule has 1 aliphatic heterocycles. The summed E-state index contributed by atoms with van der Waals surface area (Å²) >= 11 is 0. The van der Waals surface area contributed by atoms with E-state index in [1.165, 1.54) is 19.2 Å². The molecule has 182 valence electrons. The Morgan fingerprint density at radius 3 is 2.41 bits per heavy atom. The summed E-state index contributed by atoms with van der Waals surface area (Å²) in [5, 5.41) is 15.2. The molecule has 1 saturated heterocycles. The predicted octanol–water partition coefficient (Wildman–Crippen LogP) is 2.88. The van der Waals surface area contributed by atoms with E-state index in [2.05, 4.69) is 10.6 Å². The van der Waals surface area contributed by atoms with E-state index in [-0.39, 0.29) is 16.7 Å². The summed E-state index contributed by atoms with van der Waals surface area (Å²) in [5.41, 5.74) is 1.86. The van der Waals surface area contributed by atoms with Crippen molar-refractivity contribution in [2.45, 2.75) is 41.7 Å². The first-order chi connectivity index (χ1) is 16.3. The van der Waals surface area contributed by atoms with Crippen LogP contribution in [0.5, 0.6) is 11.5 Å². The van der Waals surface area contributed by atoms with Crippen molar-refractivity contribution in [2.24, 2.45) is 5.41 Å². The molecule has 2 aliphatic rings. The fourth-order valence-corrected chi connectivity index (χ4v) is 6.80. The average Bonchev–Trinajstić information content (AvgIpc) is 3.24. The lowest BCUT2D eigenvalue weighted by Gasteiger charge is -2.36. The number of nitrogens with one attached hydrogen (secondary N) is 3. The normalized spacial score (nSPS) is 22.2. The Labute approximate surface area is 199 Å². The molecule has 1 heterocycles. The molecule has 0 aromatic heterocycles. The second-order valence-corrected chi connectivity index (χ2v) is 10.7. The zero-order chi connectivity index (χ0) is 24.3. The molecule has 10 heteroatoms. The second-order valence-electron chi connectivity index (χ2n) is 8.93. The van der Waals surface area contributed by atoms with Gasteiger partial charge in [-0.3, -0.25) is 19.0 Å². The van der Waals surface area contributed by atoms with Crippen LogP contribution in [0, 0.1) is 11.2 Å². The van der Waals surface area contributed by atoms with E-state index in [0.29, 0.717) is 23.5 Å². The van der Waals surface area contributed by atoms with Crippen molar-refractivity contribution in [3.05, 3.63) is 53.8 Å². The fraction of sp³-hybridized carbons (Fsp3) is 0.417. The minimum absolute atomic E-state index is 0.0544. The minimum atomic E-state index is -1.71. The molecule has 8 nitrogen and oxygen atoms in total. The Kier molecular flexibility index (Phi) is 7.01. The average molecular weight is 490 g/mol. The third-order valence-electron chi connectivity index (χ3n) is 6.94. The molecule has 0 bridgehead atoms. The maximum absolute atomic E-state index is 14.4. The number of ether oxygens (including phenoxy) is 1. The number of amides is 2. The van der Waals surface area contributed by atoms with Crippen LogP contribution in [0.2, 0.25) is 0 Å². The first kappa shape index (κ1) is 24.3. The summed E-state index contributed by atoms with van der Waals surface area (Å²) in [6.45, 7) is 1.71. The van der Waals surface area contributed by atoms with Crippen molar-refractivity contribution < 1.29 is 28.1 Å². The van der Waals surface area contributed by atoms with Gasteiger partial charge in [0.1, 0.15) is 10.5 Å². The van der Waals surface area contributed by atoms with Gasteiger partial charge in [-0.25, -0.2) is 9.87 Å². The molecule has 1 spiro atoms. The largest absolute Gasteiger partial charge is 0.454 e. The Bertz CT molecular complexity index is 1100. The number of hydrogen-bond donors (Lipinski definition) is 4. The van der Waals surface area contributed by atoms with Crippen LogP contribution in [0.15, 0.2) is 47.4 Å². The second kappa shape index (κ2) is 9.81. The zero-order valence-corrected chi connectivity index (χ0v) is 19.7. The predicted molar refractivity (Wildman–Crippen MR) is 124 cm³/mol. The summed E-state index contributed by atoms with van der Waals surface area (Å²) in [6.07, 6.45) is 3.46. The maximum Gasteiger partial charge on any atom is 0.262 e. The topological polar surface area (TPSA) is 117 Å². The van der Waals surface area contributed by atoms with Crippen molar-refractivity contribution in [3.8, 4) is 11.5 Å².